The first-order valence-corrected chi connectivity index (χ1v) is 11.2. The van der Waals surface area contributed by atoms with Gasteiger partial charge in [-0.3, -0.25) is 0 Å². The summed E-state index contributed by atoms with van der Waals surface area (Å²) in [7, 11) is 4.70. The molecule has 36 heavy (non-hydrogen) atoms. The van der Waals surface area contributed by atoms with Crippen LogP contribution in [0.2, 0.25) is 0 Å². The van der Waals surface area contributed by atoms with Gasteiger partial charge in [0.1, 0.15) is 17.0 Å². The van der Waals surface area contributed by atoms with Crippen molar-refractivity contribution < 1.29 is 18.9 Å². The molecule has 0 bridgehead atoms. The zero-order chi connectivity index (χ0) is 25.1. The molecule has 0 fully saturated rings. The molecule has 182 valence electrons. The summed E-state index contributed by atoms with van der Waals surface area (Å²) in [5.74, 6) is 4.08. The molecule has 0 unspecified atom stereocenters. The van der Waals surface area contributed by atoms with E-state index in [1.165, 1.54) is 0 Å². The van der Waals surface area contributed by atoms with Crippen molar-refractivity contribution in [3.63, 3.8) is 0 Å². The molecule has 2 heterocycles. The Morgan fingerprint density at radius 3 is 2.22 bits per heavy atom. The van der Waals surface area contributed by atoms with Crippen LogP contribution in [0.15, 0.2) is 72.9 Å². The first-order chi connectivity index (χ1) is 17.6. The molecule has 0 aliphatic carbocycles. The van der Waals surface area contributed by atoms with Gasteiger partial charge in [-0.25, -0.2) is 14.5 Å². The van der Waals surface area contributed by atoms with Gasteiger partial charge in [0, 0.05) is 23.4 Å². The van der Waals surface area contributed by atoms with Crippen molar-refractivity contribution in [3.8, 4) is 40.1 Å². The van der Waals surface area contributed by atoms with Crippen molar-refractivity contribution in [2.45, 2.75) is 6.92 Å². The predicted octanol–water partition coefficient (Wildman–Crippen LogP) is 5.66. The highest BCUT2D eigenvalue weighted by Crippen LogP contribution is 2.40. The minimum atomic E-state index is 0.382. The second-order valence-corrected chi connectivity index (χ2v) is 7.88. The summed E-state index contributed by atoms with van der Waals surface area (Å²) in [6.07, 6.45) is 1.74. The number of ether oxygens (including phenoxy) is 4. The van der Waals surface area contributed by atoms with Gasteiger partial charge in [0.05, 0.1) is 33.2 Å². The maximum Gasteiger partial charge on any atom is 0.245 e. The van der Waals surface area contributed by atoms with Gasteiger partial charge in [0.15, 0.2) is 17.3 Å². The molecule has 0 atom stereocenters. The van der Waals surface area contributed by atoms with E-state index in [0.717, 1.165) is 22.5 Å². The van der Waals surface area contributed by atoms with E-state index in [-0.39, 0.29) is 0 Å². The van der Waals surface area contributed by atoms with Gasteiger partial charge in [0.2, 0.25) is 11.7 Å². The van der Waals surface area contributed by atoms with E-state index in [9.17, 15) is 0 Å². The number of hydrogen-bond donors (Lipinski definition) is 1. The summed E-state index contributed by atoms with van der Waals surface area (Å²) in [5.41, 5.74) is 3.16. The number of nitrogens with one attached hydrogen (secondary N) is 1. The number of fused-ring (bicyclic) bond motifs is 1. The highest BCUT2D eigenvalue weighted by molar-refractivity contribution is 5.68. The lowest BCUT2D eigenvalue weighted by atomic mass is 10.2. The summed E-state index contributed by atoms with van der Waals surface area (Å²) in [5, 5.41) is 7.93. The fraction of sp³-hybridized carbons (Fsp3) is 0.148. The number of hydrogen-bond acceptors (Lipinski definition) is 8. The first kappa shape index (κ1) is 23.0. The van der Waals surface area contributed by atoms with E-state index in [2.05, 4.69) is 10.3 Å². The van der Waals surface area contributed by atoms with Crippen LogP contribution in [-0.4, -0.2) is 40.9 Å². The van der Waals surface area contributed by atoms with Crippen LogP contribution in [0.4, 0.5) is 11.6 Å². The van der Waals surface area contributed by atoms with E-state index in [1.54, 1.807) is 44.2 Å². The quantitative estimate of drug-likeness (QED) is 0.302. The van der Waals surface area contributed by atoms with E-state index in [4.69, 9.17) is 29.0 Å². The molecule has 5 aromatic rings. The van der Waals surface area contributed by atoms with Gasteiger partial charge in [-0.1, -0.05) is 30.3 Å². The molecule has 0 saturated carbocycles. The van der Waals surface area contributed by atoms with E-state index < -0.39 is 0 Å². The van der Waals surface area contributed by atoms with Crippen LogP contribution in [-0.2, 0) is 0 Å². The van der Waals surface area contributed by atoms with Crippen LogP contribution < -0.4 is 24.3 Å². The second kappa shape index (κ2) is 9.83. The molecule has 1 N–H and O–H groups in total. The zero-order valence-electron chi connectivity index (χ0n) is 20.4. The highest BCUT2D eigenvalue weighted by Gasteiger charge is 2.16. The van der Waals surface area contributed by atoms with Crippen LogP contribution >= 0.6 is 0 Å². The number of para-hydroxylation sites is 1. The number of anilines is 2. The van der Waals surface area contributed by atoms with Gasteiger partial charge in [-0.15, -0.1) is 5.10 Å². The summed E-state index contributed by atoms with van der Waals surface area (Å²) >= 11 is 0. The van der Waals surface area contributed by atoms with Crippen molar-refractivity contribution in [2.75, 3.05) is 26.6 Å². The third-order valence-electron chi connectivity index (χ3n) is 5.57. The molecule has 0 aliphatic rings. The van der Waals surface area contributed by atoms with Crippen LogP contribution in [0, 0.1) is 6.92 Å². The molecule has 0 amide bonds. The number of benzene rings is 3. The molecular weight excluding hydrogens is 458 g/mol. The van der Waals surface area contributed by atoms with Crippen LogP contribution in [0.25, 0.3) is 16.9 Å². The number of imidazole rings is 1. The predicted molar refractivity (Wildman–Crippen MR) is 137 cm³/mol. The Kier molecular flexibility index (Phi) is 6.27. The lowest BCUT2D eigenvalue weighted by molar-refractivity contribution is 0.324. The first-order valence-electron chi connectivity index (χ1n) is 11.2. The maximum atomic E-state index is 6.01. The number of methoxy groups -OCH3 is 3. The fourth-order valence-electron chi connectivity index (χ4n) is 3.87. The molecule has 2 aromatic heterocycles. The zero-order valence-corrected chi connectivity index (χ0v) is 20.4. The standard InChI is InChI=1S/C27H25N5O4/c1-17-22-16-28-27(30-19-14-23(33-2)25(35-4)24(15-19)34-3)31-32(22)26(29-17)18-9-8-12-21(13-18)36-20-10-6-5-7-11-20/h5-16H,1-4H3,(H,30,31). The fourth-order valence-corrected chi connectivity index (χ4v) is 3.87. The highest BCUT2D eigenvalue weighted by atomic mass is 16.5. The second-order valence-electron chi connectivity index (χ2n) is 7.88. The Bertz CT molecular complexity index is 1490. The minimum Gasteiger partial charge on any atom is -0.493 e. The van der Waals surface area contributed by atoms with Crippen molar-refractivity contribution in [1.82, 2.24) is 19.6 Å². The molecule has 0 aliphatic heterocycles. The Labute approximate surface area is 208 Å². The van der Waals surface area contributed by atoms with Crippen molar-refractivity contribution in [2.24, 2.45) is 0 Å². The van der Waals surface area contributed by atoms with Crippen LogP contribution in [0.1, 0.15) is 5.69 Å². The largest absolute Gasteiger partial charge is 0.493 e. The Balaban J connectivity index is 1.50. The van der Waals surface area contributed by atoms with Gasteiger partial charge < -0.3 is 24.3 Å². The van der Waals surface area contributed by atoms with Crippen LogP contribution in [0.3, 0.4) is 0 Å². The molecule has 0 spiro atoms. The van der Waals surface area contributed by atoms with Crippen molar-refractivity contribution in [3.05, 3.63) is 78.6 Å². The van der Waals surface area contributed by atoms with Gasteiger partial charge >= 0.3 is 0 Å². The average Bonchev–Trinajstić information content (AvgIpc) is 3.24. The minimum absolute atomic E-state index is 0.382. The number of nitrogens with zero attached hydrogens (tertiary/aromatic N) is 4. The molecule has 3 aromatic carbocycles. The van der Waals surface area contributed by atoms with Crippen molar-refractivity contribution in [1.29, 1.82) is 0 Å². The van der Waals surface area contributed by atoms with Crippen LogP contribution in [0.5, 0.6) is 28.7 Å². The molecule has 0 radical (unpaired) electrons. The van der Waals surface area contributed by atoms with E-state index in [1.807, 2.05) is 61.5 Å². The van der Waals surface area contributed by atoms with Crippen molar-refractivity contribution >= 4 is 17.2 Å². The Hall–Kier alpha value is -4.79. The smallest absolute Gasteiger partial charge is 0.245 e. The molecule has 0 saturated heterocycles. The summed E-state index contributed by atoms with van der Waals surface area (Å²) in [4.78, 5) is 9.23. The lowest BCUT2D eigenvalue weighted by Crippen LogP contribution is -2.04. The Morgan fingerprint density at radius 2 is 1.53 bits per heavy atom. The molecule has 9 heteroatoms. The van der Waals surface area contributed by atoms with Gasteiger partial charge in [0.25, 0.3) is 0 Å². The normalized spacial score (nSPS) is 10.8. The number of rotatable bonds is 8. The maximum absolute atomic E-state index is 6.01. The topological polar surface area (TPSA) is 92.0 Å². The number of aromatic nitrogens is 4. The van der Waals surface area contributed by atoms with E-state index in [0.29, 0.717) is 40.5 Å². The summed E-state index contributed by atoms with van der Waals surface area (Å²) < 4.78 is 24.1. The third kappa shape index (κ3) is 4.46. The lowest BCUT2D eigenvalue weighted by Gasteiger charge is -2.14. The average molecular weight is 484 g/mol. The third-order valence-corrected chi connectivity index (χ3v) is 5.57. The Morgan fingerprint density at radius 1 is 0.806 bits per heavy atom. The number of aryl methyl sites for hydroxylation is 1. The SMILES string of the molecule is COc1cc(Nc2ncc3c(C)nc(-c4cccc(Oc5ccccc5)c4)n3n2)cc(OC)c1OC. The molecular formula is C27H25N5O4. The summed E-state index contributed by atoms with van der Waals surface area (Å²) in [6.45, 7) is 1.93. The van der Waals surface area contributed by atoms with Gasteiger partial charge in [-0.2, -0.15) is 0 Å². The molecule has 9 nitrogen and oxygen atoms in total. The van der Waals surface area contributed by atoms with E-state index >= 15 is 0 Å². The summed E-state index contributed by atoms with van der Waals surface area (Å²) in [6, 6.07) is 21.0. The molecule has 5 rings (SSSR count). The van der Waals surface area contributed by atoms with Gasteiger partial charge in [-0.05, 0) is 31.2 Å². The monoisotopic (exact) mass is 483 g/mol.